The van der Waals surface area contributed by atoms with Gasteiger partial charge in [-0.05, 0) is 35.6 Å². The van der Waals surface area contributed by atoms with Crippen molar-refractivity contribution in [2.24, 2.45) is 0 Å². The smallest absolute Gasteiger partial charge is 0.151 e. The second-order valence-electron chi connectivity index (χ2n) is 5.39. The van der Waals surface area contributed by atoms with Crippen molar-refractivity contribution in [3.8, 4) is 0 Å². The highest BCUT2D eigenvalue weighted by molar-refractivity contribution is 5.77. The van der Waals surface area contributed by atoms with Crippen LogP contribution in [-0.2, 0) is 6.61 Å². The van der Waals surface area contributed by atoms with Crippen LogP contribution in [0.5, 0.6) is 0 Å². The van der Waals surface area contributed by atoms with Gasteiger partial charge in [0.25, 0.3) is 0 Å². The summed E-state index contributed by atoms with van der Waals surface area (Å²) in [4.78, 5) is 15.5. The van der Waals surface area contributed by atoms with E-state index in [0.717, 1.165) is 23.2 Å². The Morgan fingerprint density at radius 1 is 1.14 bits per heavy atom. The van der Waals surface area contributed by atoms with Crippen molar-refractivity contribution in [2.45, 2.75) is 46.1 Å². The van der Waals surface area contributed by atoms with Crippen molar-refractivity contribution in [3.63, 3.8) is 0 Å². The highest BCUT2D eigenvalue weighted by atomic mass is 16.3. The van der Waals surface area contributed by atoms with Crippen LogP contribution in [0.2, 0.25) is 0 Å². The third-order valence-electron chi connectivity index (χ3n) is 3.01. The third kappa shape index (κ3) is 4.83. The minimum atomic E-state index is -0.0697. The molecule has 0 fully saturated rings. The van der Waals surface area contributed by atoms with Gasteiger partial charge in [0, 0.05) is 11.3 Å². The van der Waals surface area contributed by atoms with Gasteiger partial charge in [0.15, 0.2) is 6.29 Å². The van der Waals surface area contributed by atoms with E-state index in [-0.39, 0.29) is 18.4 Å². The van der Waals surface area contributed by atoms with Gasteiger partial charge in [-0.3, -0.25) is 9.78 Å². The zero-order valence-electron chi connectivity index (χ0n) is 13.0. The van der Waals surface area contributed by atoms with Crippen molar-refractivity contribution in [2.75, 3.05) is 0 Å². The fourth-order valence-electron chi connectivity index (χ4n) is 2.01. The van der Waals surface area contributed by atoms with Crippen LogP contribution in [0, 0.1) is 0 Å². The lowest BCUT2D eigenvalue weighted by Gasteiger charge is -2.15. The zero-order valence-corrected chi connectivity index (χ0v) is 13.0. The van der Waals surface area contributed by atoms with Crippen LogP contribution in [0.4, 0.5) is 0 Å². The molecule has 2 aromatic rings. The van der Waals surface area contributed by atoms with E-state index in [9.17, 15) is 9.90 Å². The first-order valence-electron chi connectivity index (χ1n) is 7.08. The van der Waals surface area contributed by atoms with E-state index in [4.69, 9.17) is 0 Å². The summed E-state index contributed by atoms with van der Waals surface area (Å²) in [6, 6.07) is 5.42. The normalized spacial score (nSPS) is 10.4. The highest BCUT2D eigenvalue weighted by Gasteiger charge is 2.15. The van der Waals surface area contributed by atoms with E-state index in [1.54, 1.807) is 18.6 Å². The van der Waals surface area contributed by atoms with Gasteiger partial charge in [0.05, 0.1) is 24.8 Å². The van der Waals surface area contributed by atoms with E-state index >= 15 is 0 Å². The molecule has 4 heteroatoms. The van der Waals surface area contributed by atoms with Gasteiger partial charge in [-0.25, -0.2) is 0 Å². The van der Waals surface area contributed by atoms with Crippen molar-refractivity contribution in [1.82, 2.24) is 4.98 Å². The number of aliphatic hydroxyl groups excluding tert-OH is 1. The lowest BCUT2D eigenvalue weighted by Crippen LogP contribution is -2.08. The number of aldehydes is 1. The predicted octanol–water partition coefficient (Wildman–Crippen LogP) is 3.91. The van der Waals surface area contributed by atoms with E-state index < -0.39 is 0 Å². The van der Waals surface area contributed by atoms with Gasteiger partial charge in [-0.15, -0.1) is 0 Å². The minimum Gasteiger partial charge on any atom is -0.473 e. The number of rotatable bonds is 4. The highest BCUT2D eigenvalue weighted by Crippen LogP contribution is 2.24. The van der Waals surface area contributed by atoms with Crippen molar-refractivity contribution < 1.29 is 14.3 Å². The molecule has 1 N–H and O–H groups in total. The third-order valence-corrected chi connectivity index (χ3v) is 3.01. The number of aliphatic hydroxyl groups is 1. The molecule has 2 rings (SSSR count). The molecular weight excluding hydrogens is 266 g/mol. The molecular formula is C17H23NO3. The fourth-order valence-corrected chi connectivity index (χ4v) is 2.01. The van der Waals surface area contributed by atoms with Crippen LogP contribution < -0.4 is 0 Å². The van der Waals surface area contributed by atoms with Gasteiger partial charge in [0.1, 0.15) is 0 Å². The summed E-state index contributed by atoms with van der Waals surface area (Å²) in [5.41, 5.74) is 3.04. The predicted molar refractivity (Wildman–Crippen MR) is 82.4 cm³/mol. The Labute approximate surface area is 125 Å². The van der Waals surface area contributed by atoms with Crippen LogP contribution in [0.1, 0.15) is 66.8 Å². The fraction of sp³-hybridized carbons (Fsp3) is 0.412. The molecule has 0 saturated carbocycles. The van der Waals surface area contributed by atoms with Crippen molar-refractivity contribution in [3.05, 3.63) is 53.2 Å². The van der Waals surface area contributed by atoms with E-state index in [1.807, 2.05) is 39.8 Å². The molecule has 0 radical (unpaired) electrons. The number of carbonyl (C=O) groups excluding carboxylic acids is 1. The van der Waals surface area contributed by atoms with Crippen LogP contribution in [0.25, 0.3) is 0 Å². The van der Waals surface area contributed by atoms with Gasteiger partial charge >= 0.3 is 0 Å². The first-order valence-corrected chi connectivity index (χ1v) is 7.08. The SMILES string of the molecule is CC(C)c1nc(C(C)C)c(CO)cc1C=O.c1ccoc1. The Kier molecular flexibility index (Phi) is 6.82. The molecule has 0 unspecified atom stereocenters. The first kappa shape index (κ1) is 17.1. The second kappa shape index (κ2) is 8.37. The van der Waals surface area contributed by atoms with Gasteiger partial charge in [-0.2, -0.15) is 0 Å². The molecule has 0 spiro atoms. The van der Waals surface area contributed by atoms with E-state index in [2.05, 4.69) is 9.40 Å². The van der Waals surface area contributed by atoms with E-state index in [0.29, 0.717) is 5.56 Å². The Balaban J connectivity index is 0.000000369. The maximum atomic E-state index is 11.0. The summed E-state index contributed by atoms with van der Waals surface area (Å²) in [5.74, 6) is 0.464. The number of hydrogen-bond acceptors (Lipinski definition) is 4. The van der Waals surface area contributed by atoms with Crippen LogP contribution in [-0.4, -0.2) is 16.4 Å². The standard InChI is InChI=1S/C13H19NO2.C4H4O/c1-8(2)12-10(6-15)5-11(7-16)13(14-12)9(3)4;1-2-4-5-3-1/h5-6,8-9,16H,7H2,1-4H3;1-4H. The first-order chi connectivity index (χ1) is 10.0. The molecule has 2 heterocycles. The summed E-state index contributed by atoms with van der Waals surface area (Å²) in [5, 5.41) is 9.26. The Bertz CT molecular complexity index is 528. The average molecular weight is 289 g/mol. The topological polar surface area (TPSA) is 63.3 Å². The maximum Gasteiger partial charge on any atom is 0.151 e. The summed E-state index contributed by atoms with van der Waals surface area (Å²) < 4.78 is 4.58. The maximum absolute atomic E-state index is 11.0. The molecule has 0 aromatic carbocycles. The Morgan fingerprint density at radius 3 is 2.05 bits per heavy atom. The lowest BCUT2D eigenvalue weighted by molar-refractivity contribution is 0.112. The molecule has 21 heavy (non-hydrogen) atoms. The zero-order chi connectivity index (χ0) is 15.8. The lowest BCUT2D eigenvalue weighted by atomic mass is 9.97. The van der Waals surface area contributed by atoms with Crippen LogP contribution in [0.15, 0.2) is 35.1 Å². The van der Waals surface area contributed by atoms with Gasteiger partial charge in [0.2, 0.25) is 0 Å². The minimum absolute atomic E-state index is 0.0697. The second-order valence-corrected chi connectivity index (χ2v) is 5.39. The molecule has 0 aliphatic carbocycles. The number of hydrogen-bond donors (Lipinski definition) is 1. The van der Waals surface area contributed by atoms with Crippen molar-refractivity contribution in [1.29, 1.82) is 0 Å². The molecule has 0 bridgehead atoms. The summed E-state index contributed by atoms with van der Waals surface area (Å²) in [6.07, 6.45) is 4.06. The summed E-state index contributed by atoms with van der Waals surface area (Å²) >= 11 is 0. The summed E-state index contributed by atoms with van der Waals surface area (Å²) in [6.45, 7) is 8.02. The van der Waals surface area contributed by atoms with E-state index in [1.165, 1.54) is 0 Å². The van der Waals surface area contributed by atoms with Crippen LogP contribution >= 0.6 is 0 Å². The van der Waals surface area contributed by atoms with Crippen LogP contribution in [0.3, 0.4) is 0 Å². The average Bonchev–Trinajstić information content (AvgIpc) is 3.04. The monoisotopic (exact) mass is 289 g/mol. The molecule has 0 aliphatic heterocycles. The molecule has 2 aromatic heterocycles. The number of carbonyl (C=O) groups is 1. The molecule has 4 nitrogen and oxygen atoms in total. The number of pyridine rings is 1. The van der Waals surface area contributed by atoms with Gasteiger partial charge in [-0.1, -0.05) is 27.7 Å². The number of nitrogens with zero attached hydrogens (tertiary/aromatic N) is 1. The Hall–Kier alpha value is -1.94. The molecule has 114 valence electrons. The Morgan fingerprint density at radius 2 is 1.71 bits per heavy atom. The quantitative estimate of drug-likeness (QED) is 0.867. The molecule has 0 amide bonds. The number of furan rings is 1. The van der Waals surface area contributed by atoms with Crippen molar-refractivity contribution >= 4 is 6.29 Å². The summed E-state index contributed by atoms with van der Waals surface area (Å²) in [7, 11) is 0. The largest absolute Gasteiger partial charge is 0.473 e. The number of aromatic nitrogens is 1. The van der Waals surface area contributed by atoms with Gasteiger partial charge < -0.3 is 9.52 Å². The molecule has 0 atom stereocenters. The molecule has 0 saturated heterocycles. The molecule has 0 aliphatic rings.